The minimum absolute atomic E-state index is 0.0764. The van der Waals surface area contributed by atoms with E-state index in [0.717, 1.165) is 11.1 Å². The fourth-order valence-corrected chi connectivity index (χ4v) is 3.71. The van der Waals surface area contributed by atoms with Gasteiger partial charge in [0.15, 0.2) is 11.5 Å². The molecular weight excluding hydrogens is 478 g/mol. The van der Waals surface area contributed by atoms with E-state index in [4.69, 9.17) is 15.2 Å². The van der Waals surface area contributed by atoms with Crippen LogP contribution < -0.4 is 25.8 Å². The number of methoxy groups -OCH3 is 1. The van der Waals surface area contributed by atoms with Gasteiger partial charge in [-0.3, -0.25) is 9.59 Å². The molecule has 4 N–H and O–H groups in total. The predicted molar refractivity (Wildman–Crippen MR) is 148 cm³/mol. The largest absolute Gasteiger partial charge is 0.493 e. The topological polar surface area (TPSA) is 103 Å². The van der Waals surface area contributed by atoms with Gasteiger partial charge >= 0.3 is 0 Å². The van der Waals surface area contributed by atoms with Gasteiger partial charge in [0.2, 0.25) is 0 Å². The van der Waals surface area contributed by atoms with E-state index in [-0.39, 0.29) is 12.2 Å². The molecule has 0 heterocycles. The molecule has 0 spiro atoms. The highest BCUT2D eigenvalue weighted by atomic mass is 16.5. The van der Waals surface area contributed by atoms with Crippen LogP contribution in [-0.2, 0) is 17.9 Å². The normalized spacial score (nSPS) is 10.9. The fourth-order valence-electron chi connectivity index (χ4n) is 3.71. The molecule has 0 aliphatic rings. The molecule has 0 saturated carbocycles. The van der Waals surface area contributed by atoms with E-state index in [0.29, 0.717) is 34.9 Å². The predicted octanol–water partition coefficient (Wildman–Crippen LogP) is 4.94. The summed E-state index contributed by atoms with van der Waals surface area (Å²) in [4.78, 5) is 26.1. The first-order valence-electron chi connectivity index (χ1n) is 12.1. The molecule has 0 atom stereocenters. The molecule has 2 amide bonds. The van der Waals surface area contributed by atoms with Gasteiger partial charge in [-0.25, -0.2) is 0 Å². The van der Waals surface area contributed by atoms with Crippen molar-refractivity contribution in [2.45, 2.75) is 13.2 Å². The average molecular weight is 508 g/mol. The van der Waals surface area contributed by atoms with Gasteiger partial charge in [-0.15, -0.1) is 0 Å². The van der Waals surface area contributed by atoms with Crippen LogP contribution in [0.15, 0.2) is 109 Å². The average Bonchev–Trinajstić information content (AvgIpc) is 2.96. The van der Waals surface area contributed by atoms with E-state index in [9.17, 15) is 9.59 Å². The number of carbonyl (C=O) groups excluding carboxylic acids is 2. The first-order valence-corrected chi connectivity index (χ1v) is 12.1. The van der Waals surface area contributed by atoms with E-state index < -0.39 is 11.8 Å². The van der Waals surface area contributed by atoms with Crippen molar-refractivity contribution in [2.24, 2.45) is 0 Å². The fraction of sp³-hybridized carbons (Fsp3) is 0.0968. The molecule has 0 radical (unpaired) electrons. The summed E-state index contributed by atoms with van der Waals surface area (Å²) < 4.78 is 11.5. The third-order valence-electron chi connectivity index (χ3n) is 5.76. The zero-order valence-corrected chi connectivity index (χ0v) is 21.0. The highest BCUT2D eigenvalue weighted by Crippen LogP contribution is 2.29. The summed E-state index contributed by atoms with van der Waals surface area (Å²) in [6.45, 7) is 0.555. The number of nitrogens with one attached hydrogen (secondary N) is 2. The van der Waals surface area contributed by atoms with Crippen molar-refractivity contribution in [1.29, 1.82) is 0 Å². The molecule has 0 aliphatic carbocycles. The van der Waals surface area contributed by atoms with Crippen molar-refractivity contribution in [1.82, 2.24) is 10.6 Å². The van der Waals surface area contributed by atoms with Crippen molar-refractivity contribution < 1.29 is 19.1 Å². The van der Waals surface area contributed by atoms with E-state index in [2.05, 4.69) is 10.6 Å². The quantitative estimate of drug-likeness (QED) is 0.208. The van der Waals surface area contributed by atoms with Gasteiger partial charge in [0, 0.05) is 17.8 Å². The summed E-state index contributed by atoms with van der Waals surface area (Å²) in [5, 5.41) is 5.59. The summed E-state index contributed by atoms with van der Waals surface area (Å²) >= 11 is 0. The standard InChI is InChI=1S/C31H29N3O4/c1-37-28-17-16-23(19-29(28)38-21-22-10-4-2-5-11-22)18-27(34-30(35)24-12-6-3-7-13-24)31(36)33-20-25-14-8-9-15-26(25)32/h2-19H,20-21,32H2,1H3,(H,33,36)(H,34,35)/b27-18-. The molecule has 0 bridgehead atoms. The lowest BCUT2D eigenvalue weighted by Crippen LogP contribution is -2.34. The lowest BCUT2D eigenvalue weighted by Gasteiger charge is -2.14. The SMILES string of the molecule is COc1ccc(/C=C(\NC(=O)c2ccccc2)C(=O)NCc2ccccc2N)cc1OCc1ccccc1. The maximum absolute atomic E-state index is 13.2. The summed E-state index contributed by atoms with van der Waals surface area (Å²) in [5.74, 6) is 0.202. The number of rotatable bonds is 10. The summed E-state index contributed by atoms with van der Waals surface area (Å²) in [6.07, 6.45) is 1.60. The van der Waals surface area contributed by atoms with Crippen LogP contribution in [0.4, 0.5) is 5.69 Å². The van der Waals surface area contributed by atoms with Gasteiger partial charge in [0.25, 0.3) is 11.8 Å². The van der Waals surface area contributed by atoms with Crippen LogP contribution in [-0.4, -0.2) is 18.9 Å². The zero-order chi connectivity index (χ0) is 26.7. The van der Waals surface area contributed by atoms with Gasteiger partial charge in [-0.05, 0) is 53.1 Å². The molecule has 0 aliphatic heterocycles. The zero-order valence-electron chi connectivity index (χ0n) is 21.0. The van der Waals surface area contributed by atoms with Crippen LogP contribution in [0.5, 0.6) is 11.5 Å². The summed E-state index contributed by atoms with van der Waals surface area (Å²) in [7, 11) is 1.56. The monoisotopic (exact) mass is 507 g/mol. The maximum atomic E-state index is 13.2. The third kappa shape index (κ3) is 7.01. The Kier molecular flexibility index (Phi) is 8.76. The van der Waals surface area contributed by atoms with E-state index in [1.807, 2.05) is 54.6 Å². The first kappa shape index (κ1) is 26.0. The molecule has 0 saturated heterocycles. The Labute approximate surface area is 221 Å². The smallest absolute Gasteiger partial charge is 0.268 e. The van der Waals surface area contributed by atoms with Gasteiger partial charge in [0.1, 0.15) is 12.3 Å². The molecule has 0 aromatic heterocycles. The van der Waals surface area contributed by atoms with Gasteiger partial charge in [-0.2, -0.15) is 0 Å². The molecule has 7 heteroatoms. The Morgan fingerprint density at radius 2 is 1.53 bits per heavy atom. The van der Waals surface area contributed by atoms with Crippen LogP contribution in [0.25, 0.3) is 6.08 Å². The highest BCUT2D eigenvalue weighted by molar-refractivity contribution is 6.05. The highest BCUT2D eigenvalue weighted by Gasteiger charge is 2.16. The van der Waals surface area contributed by atoms with Crippen molar-refractivity contribution in [3.63, 3.8) is 0 Å². The van der Waals surface area contributed by atoms with Crippen molar-refractivity contribution in [3.8, 4) is 11.5 Å². The Hall–Kier alpha value is -5.04. The number of anilines is 1. The second-order valence-electron chi connectivity index (χ2n) is 8.44. The Balaban J connectivity index is 1.59. The summed E-state index contributed by atoms with van der Waals surface area (Å²) in [5.41, 5.74) is 9.52. The second-order valence-corrected chi connectivity index (χ2v) is 8.44. The Bertz CT molecular complexity index is 1420. The van der Waals surface area contributed by atoms with E-state index >= 15 is 0 Å². The molecule has 38 heavy (non-hydrogen) atoms. The number of benzene rings is 4. The maximum Gasteiger partial charge on any atom is 0.268 e. The number of hydrogen-bond acceptors (Lipinski definition) is 5. The lowest BCUT2D eigenvalue weighted by molar-refractivity contribution is -0.117. The van der Waals surface area contributed by atoms with Crippen molar-refractivity contribution >= 4 is 23.6 Å². The number of amides is 2. The van der Waals surface area contributed by atoms with E-state index in [1.165, 1.54) is 0 Å². The van der Waals surface area contributed by atoms with Crippen LogP contribution in [0.2, 0.25) is 0 Å². The molecule has 4 aromatic rings. The van der Waals surface area contributed by atoms with E-state index in [1.54, 1.807) is 61.7 Å². The van der Waals surface area contributed by atoms with Crippen LogP contribution in [0.1, 0.15) is 27.0 Å². The molecule has 7 nitrogen and oxygen atoms in total. The number of ether oxygens (including phenoxy) is 2. The number of nitrogen functional groups attached to an aromatic ring is 1. The summed E-state index contributed by atoms with van der Waals surface area (Å²) in [6, 6.07) is 31.0. The molecule has 4 rings (SSSR count). The molecule has 192 valence electrons. The molecule has 0 fully saturated rings. The first-order chi connectivity index (χ1) is 18.5. The third-order valence-corrected chi connectivity index (χ3v) is 5.76. The van der Waals surface area contributed by atoms with Gasteiger partial charge in [-0.1, -0.05) is 72.8 Å². The number of carbonyl (C=O) groups is 2. The van der Waals surface area contributed by atoms with Crippen molar-refractivity contribution in [3.05, 3.63) is 131 Å². The minimum Gasteiger partial charge on any atom is -0.493 e. The molecular formula is C31H29N3O4. The molecule has 4 aromatic carbocycles. The molecule has 0 unspecified atom stereocenters. The van der Waals surface area contributed by atoms with Crippen molar-refractivity contribution in [2.75, 3.05) is 12.8 Å². The van der Waals surface area contributed by atoms with Gasteiger partial charge < -0.3 is 25.8 Å². The Morgan fingerprint density at radius 3 is 2.24 bits per heavy atom. The van der Waals surface area contributed by atoms with Crippen LogP contribution in [0.3, 0.4) is 0 Å². The Morgan fingerprint density at radius 1 is 0.842 bits per heavy atom. The number of para-hydroxylation sites is 1. The number of hydrogen-bond donors (Lipinski definition) is 3. The second kappa shape index (κ2) is 12.8. The van der Waals surface area contributed by atoms with Crippen LogP contribution in [0, 0.1) is 0 Å². The van der Waals surface area contributed by atoms with Gasteiger partial charge in [0.05, 0.1) is 7.11 Å². The minimum atomic E-state index is -0.458. The van der Waals surface area contributed by atoms with Crippen LogP contribution >= 0.6 is 0 Å². The number of nitrogens with two attached hydrogens (primary N) is 1. The lowest BCUT2D eigenvalue weighted by atomic mass is 10.1.